The average molecular weight is 582 g/mol. The van der Waals surface area contributed by atoms with Gasteiger partial charge in [0.1, 0.15) is 11.4 Å². The summed E-state index contributed by atoms with van der Waals surface area (Å²) in [5.41, 5.74) is 4.98. The van der Waals surface area contributed by atoms with E-state index in [4.69, 9.17) is 16.3 Å². The Labute approximate surface area is 241 Å². The van der Waals surface area contributed by atoms with Gasteiger partial charge in [0.05, 0.1) is 12.4 Å². The fourth-order valence-corrected chi connectivity index (χ4v) is 5.73. The summed E-state index contributed by atoms with van der Waals surface area (Å²) in [5.74, 6) is -0.0934. The summed E-state index contributed by atoms with van der Waals surface area (Å²) >= 11 is 6.25. The zero-order valence-corrected chi connectivity index (χ0v) is 24.5. The van der Waals surface area contributed by atoms with E-state index in [1.54, 1.807) is 0 Å². The highest BCUT2D eigenvalue weighted by Crippen LogP contribution is 2.27. The predicted molar refractivity (Wildman–Crippen MR) is 162 cm³/mol. The maximum atomic E-state index is 13.1. The maximum Gasteiger partial charge on any atom is 0.281 e. The Morgan fingerprint density at radius 2 is 1.62 bits per heavy atom. The molecule has 1 aromatic heterocycles. The summed E-state index contributed by atoms with van der Waals surface area (Å²) in [7, 11) is -3.81. The van der Waals surface area contributed by atoms with E-state index in [0.29, 0.717) is 26.0 Å². The monoisotopic (exact) mass is 581 g/mol. The summed E-state index contributed by atoms with van der Waals surface area (Å²) in [6, 6.07) is 21.5. The quantitative estimate of drug-likeness (QED) is 0.165. The number of aromatic nitrogens is 1. The number of rotatable bonds is 14. The van der Waals surface area contributed by atoms with E-state index in [1.807, 2.05) is 68.4 Å². The number of carbonyl (C=O) groups is 1. The van der Waals surface area contributed by atoms with Crippen molar-refractivity contribution >= 4 is 38.4 Å². The van der Waals surface area contributed by atoms with Crippen LogP contribution >= 0.6 is 11.6 Å². The number of hydrogen-bond donors (Lipinski definition) is 3. The number of ether oxygens (including phenoxy) is 1. The second-order valence-corrected chi connectivity index (χ2v) is 12.2. The Hall–Kier alpha value is -3.33. The first-order valence-corrected chi connectivity index (χ1v) is 15.5. The van der Waals surface area contributed by atoms with E-state index in [-0.39, 0.29) is 18.0 Å². The van der Waals surface area contributed by atoms with Crippen molar-refractivity contribution < 1.29 is 17.9 Å². The average Bonchev–Trinajstić information content (AvgIpc) is 3.31. The molecular weight excluding hydrogens is 546 g/mol. The van der Waals surface area contributed by atoms with Crippen molar-refractivity contribution in [3.63, 3.8) is 0 Å². The third kappa shape index (κ3) is 8.10. The van der Waals surface area contributed by atoms with Crippen LogP contribution in [0.3, 0.4) is 0 Å². The lowest BCUT2D eigenvalue weighted by molar-refractivity contribution is 0.0976. The first-order chi connectivity index (χ1) is 19.2. The van der Waals surface area contributed by atoms with Crippen LogP contribution in [0.25, 0.3) is 10.9 Å². The first kappa shape index (κ1) is 29.6. The van der Waals surface area contributed by atoms with Crippen molar-refractivity contribution in [3.05, 3.63) is 99.7 Å². The highest BCUT2D eigenvalue weighted by atomic mass is 35.5. The molecule has 7 nitrogen and oxygen atoms in total. The molecule has 212 valence electrons. The van der Waals surface area contributed by atoms with Gasteiger partial charge in [0, 0.05) is 22.5 Å². The minimum absolute atomic E-state index is 0.187. The normalized spacial score (nSPS) is 11.6. The number of amides is 1. The van der Waals surface area contributed by atoms with Gasteiger partial charge in [-0.15, -0.1) is 0 Å². The number of aryl methyl sites for hydroxylation is 4. The molecule has 0 aliphatic rings. The Bertz CT molecular complexity index is 1530. The number of carbonyl (C=O) groups excluding carboxylic acids is 1. The van der Waals surface area contributed by atoms with Crippen LogP contribution < -0.4 is 14.8 Å². The molecule has 0 aliphatic heterocycles. The second kappa shape index (κ2) is 13.8. The van der Waals surface area contributed by atoms with Gasteiger partial charge in [-0.25, -0.2) is 13.1 Å². The van der Waals surface area contributed by atoms with Gasteiger partial charge in [0.15, 0.2) is 0 Å². The molecule has 40 heavy (non-hydrogen) atoms. The fourth-order valence-electron chi connectivity index (χ4n) is 4.72. The summed E-state index contributed by atoms with van der Waals surface area (Å²) in [6.07, 6.45) is 3.00. The Morgan fingerprint density at radius 3 is 2.38 bits per heavy atom. The Balaban J connectivity index is 1.31. The van der Waals surface area contributed by atoms with E-state index >= 15 is 0 Å². The van der Waals surface area contributed by atoms with Crippen molar-refractivity contribution in [2.45, 2.75) is 39.5 Å². The van der Waals surface area contributed by atoms with Crippen LogP contribution in [0.1, 0.15) is 45.6 Å². The van der Waals surface area contributed by atoms with Crippen molar-refractivity contribution in [1.82, 2.24) is 15.0 Å². The minimum Gasteiger partial charge on any atom is -0.494 e. The molecule has 0 spiro atoms. The molecule has 0 saturated heterocycles. The molecule has 9 heteroatoms. The number of sulfonamides is 1. The molecule has 1 heterocycles. The topological polar surface area (TPSA) is 100 Å². The van der Waals surface area contributed by atoms with Crippen molar-refractivity contribution in [2.24, 2.45) is 0 Å². The molecule has 0 aliphatic carbocycles. The van der Waals surface area contributed by atoms with Gasteiger partial charge in [-0.2, -0.15) is 0 Å². The number of hydrogen-bond acceptors (Lipinski definition) is 5. The Morgan fingerprint density at radius 1 is 0.925 bits per heavy atom. The molecule has 4 aromatic rings. The highest BCUT2D eigenvalue weighted by Gasteiger charge is 2.22. The second-order valence-electron chi connectivity index (χ2n) is 9.94. The fraction of sp³-hybridized carbons (Fsp3) is 0.323. The molecule has 0 atom stereocenters. The highest BCUT2D eigenvalue weighted by molar-refractivity contribution is 7.90. The smallest absolute Gasteiger partial charge is 0.281 e. The number of benzene rings is 3. The summed E-state index contributed by atoms with van der Waals surface area (Å²) in [4.78, 5) is 16.2. The van der Waals surface area contributed by atoms with Crippen LogP contribution in [-0.2, 0) is 22.9 Å². The number of para-hydroxylation sites is 1. The summed E-state index contributed by atoms with van der Waals surface area (Å²) < 4.78 is 33.5. The summed E-state index contributed by atoms with van der Waals surface area (Å²) in [6.45, 7) is 5.28. The zero-order chi connectivity index (χ0) is 28.5. The molecule has 0 fully saturated rings. The van der Waals surface area contributed by atoms with Gasteiger partial charge in [-0.05, 0) is 86.5 Å². The van der Waals surface area contributed by atoms with Gasteiger partial charge >= 0.3 is 0 Å². The van der Waals surface area contributed by atoms with Gasteiger partial charge in [-0.1, -0.05) is 60.1 Å². The standard InChI is InChI=1S/C31H36ClN3O4S/c1-22-20-25(21-23(2)29(22)32)39-18-9-14-27-26-13-6-7-15-28(26)34-30(27)31(36)35-40(37,38)19-17-33-16-8-12-24-10-4-3-5-11-24/h3-7,10-11,13,15,20-21,33-34H,8-9,12,14,16-19H2,1-2H3,(H,35,36). The van der Waals surface area contributed by atoms with Crippen LogP contribution in [0, 0.1) is 13.8 Å². The van der Waals surface area contributed by atoms with Crippen LogP contribution in [0.2, 0.25) is 5.02 Å². The molecule has 3 aromatic carbocycles. The zero-order valence-electron chi connectivity index (χ0n) is 22.9. The van der Waals surface area contributed by atoms with Gasteiger partial charge in [-0.3, -0.25) is 4.79 Å². The minimum atomic E-state index is -3.81. The molecule has 0 unspecified atom stereocenters. The maximum absolute atomic E-state index is 13.1. The van der Waals surface area contributed by atoms with E-state index in [1.165, 1.54) is 5.56 Å². The molecule has 0 saturated carbocycles. The largest absolute Gasteiger partial charge is 0.494 e. The number of H-pyrrole nitrogens is 1. The van der Waals surface area contributed by atoms with Gasteiger partial charge in [0.2, 0.25) is 10.0 Å². The third-order valence-electron chi connectivity index (χ3n) is 6.75. The lowest BCUT2D eigenvalue weighted by Gasteiger charge is -2.11. The van der Waals surface area contributed by atoms with Gasteiger partial charge in [0.25, 0.3) is 5.91 Å². The van der Waals surface area contributed by atoms with Crippen molar-refractivity contribution in [3.8, 4) is 5.75 Å². The van der Waals surface area contributed by atoms with Crippen LogP contribution in [0.4, 0.5) is 0 Å². The van der Waals surface area contributed by atoms with E-state index in [2.05, 4.69) is 27.2 Å². The number of aromatic amines is 1. The first-order valence-electron chi connectivity index (χ1n) is 13.5. The molecular formula is C31H36ClN3O4S. The molecule has 4 rings (SSSR count). The van der Waals surface area contributed by atoms with Crippen LogP contribution in [0.15, 0.2) is 66.7 Å². The molecule has 0 radical (unpaired) electrons. The van der Waals surface area contributed by atoms with Crippen LogP contribution in [-0.4, -0.2) is 44.8 Å². The van der Waals surface area contributed by atoms with Crippen molar-refractivity contribution in [2.75, 3.05) is 25.4 Å². The number of halogens is 1. The van der Waals surface area contributed by atoms with Crippen LogP contribution in [0.5, 0.6) is 5.75 Å². The molecule has 1 amide bonds. The predicted octanol–water partition coefficient (Wildman–Crippen LogP) is 5.73. The van der Waals surface area contributed by atoms with E-state index in [9.17, 15) is 13.2 Å². The van der Waals surface area contributed by atoms with Crippen molar-refractivity contribution in [1.29, 1.82) is 0 Å². The SMILES string of the molecule is Cc1cc(OCCCc2c(C(=O)NS(=O)(=O)CCNCCCc3ccccc3)[nH]c3ccccc23)cc(C)c1Cl. The van der Waals surface area contributed by atoms with Gasteiger partial charge < -0.3 is 15.0 Å². The van der Waals surface area contributed by atoms with E-state index < -0.39 is 15.9 Å². The Kier molecular flexibility index (Phi) is 10.3. The molecule has 3 N–H and O–H groups in total. The number of nitrogens with one attached hydrogen (secondary N) is 3. The summed E-state index contributed by atoms with van der Waals surface area (Å²) in [5, 5.41) is 4.78. The lowest BCUT2D eigenvalue weighted by Crippen LogP contribution is -2.36. The lowest BCUT2D eigenvalue weighted by atomic mass is 10.1. The molecule has 0 bridgehead atoms. The van der Waals surface area contributed by atoms with E-state index in [0.717, 1.165) is 51.2 Å². The third-order valence-corrected chi connectivity index (χ3v) is 8.58. The number of fused-ring (bicyclic) bond motifs is 1.